The lowest BCUT2D eigenvalue weighted by Gasteiger charge is -2.18. The van der Waals surface area contributed by atoms with Crippen LogP contribution in [0.25, 0.3) is 0 Å². The fourth-order valence-corrected chi connectivity index (χ4v) is 2.27. The normalized spacial score (nSPS) is 13.6. The zero-order valence-corrected chi connectivity index (χ0v) is 14.0. The Kier molecular flexibility index (Phi) is 6.67. The molecule has 146 valence electrons. The molecule has 1 atom stereocenters. The van der Waals surface area contributed by atoms with E-state index in [1.807, 2.05) is 0 Å². The first-order valence-electron chi connectivity index (χ1n) is 7.57. The summed E-state index contributed by atoms with van der Waals surface area (Å²) in [7, 11) is 0. The van der Waals surface area contributed by atoms with Gasteiger partial charge in [0.1, 0.15) is 6.04 Å². The molecule has 26 heavy (non-hydrogen) atoms. The van der Waals surface area contributed by atoms with Gasteiger partial charge in [0.05, 0.1) is 17.5 Å². The molecule has 0 saturated heterocycles. The lowest BCUT2D eigenvalue weighted by atomic mass is 10.0. The van der Waals surface area contributed by atoms with Crippen LogP contribution < -0.4 is 11.1 Å². The van der Waals surface area contributed by atoms with Crippen LogP contribution in [0.4, 0.5) is 26.3 Å². The summed E-state index contributed by atoms with van der Waals surface area (Å²) in [5.74, 6) is -1.76. The first-order chi connectivity index (χ1) is 11.7. The zero-order valence-electron chi connectivity index (χ0n) is 14.0. The highest BCUT2D eigenvalue weighted by Gasteiger charge is 2.37. The number of carbonyl (C=O) groups excluding carboxylic acids is 2. The van der Waals surface area contributed by atoms with Crippen molar-refractivity contribution in [3.63, 3.8) is 0 Å². The molecule has 0 unspecified atom stereocenters. The van der Waals surface area contributed by atoms with E-state index >= 15 is 0 Å². The SMILES string of the molecule is CC(C)C[C@@H](NC(=O)Cc1cc(C(F)(F)F)cc(C(F)(F)F)c1)C(N)=O. The van der Waals surface area contributed by atoms with Gasteiger partial charge in [-0.25, -0.2) is 0 Å². The van der Waals surface area contributed by atoms with E-state index in [1.165, 1.54) is 0 Å². The molecule has 4 nitrogen and oxygen atoms in total. The minimum atomic E-state index is -5.00. The quantitative estimate of drug-likeness (QED) is 0.739. The van der Waals surface area contributed by atoms with Gasteiger partial charge in [-0.15, -0.1) is 0 Å². The number of hydrogen-bond acceptors (Lipinski definition) is 2. The summed E-state index contributed by atoms with van der Waals surface area (Å²) >= 11 is 0. The van der Waals surface area contributed by atoms with Gasteiger partial charge >= 0.3 is 12.4 Å². The highest BCUT2D eigenvalue weighted by molar-refractivity contribution is 5.87. The summed E-state index contributed by atoms with van der Waals surface area (Å²) in [4.78, 5) is 23.3. The topological polar surface area (TPSA) is 72.2 Å². The van der Waals surface area contributed by atoms with Crippen LogP contribution in [0.2, 0.25) is 0 Å². The summed E-state index contributed by atoms with van der Waals surface area (Å²) in [5, 5.41) is 2.24. The summed E-state index contributed by atoms with van der Waals surface area (Å²) in [5.41, 5.74) is 1.64. The van der Waals surface area contributed by atoms with Crippen molar-refractivity contribution in [1.82, 2.24) is 5.32 Å². The molecular weight excluding hydrogens is 366 g/mol. The van der Waals surface area contributed by atoms with Crippen LogP contribution in [0.1, 0.15) is 37.0 Å². The van der Waals surface area contributed by atoms with Crippen LogP contribution in [0, 0.1) is 5.92 Å². The van der Waals surface area contributed by atoms with E-state index in [0.717, 1.165) is 0 Å². The summed E-state index contributed by atoms with van der Waals surface area (Å²) in [6.07, 6.45) is -10.6. The molecule has 0 fully saturated rings. The third kappa shape index (κ3) is 6.57. The monoisotopic (exact) mass is 384 g/mol. The molecule has 1 aromatic rings. The van der Waals surface area contributed by atoms with Gasteiger partial charge in [0.25, 0.3) is 0 Å². The lowest BCUT2D eigenvalue weighted by Crippen LogP contribution is -2.45. The molecule has 0 aromatic heterocycles. The number of amides is 2. The molecule has 0 bridgehead atoms. The van der Waals surface area contributed by atoms with Crippen LogP contribution in [0.5, 0.6) is 0 Å². The number of nitrogens with two attached hydrogens (primary N) is 1. The van der Waals surface area contributed by atoms with Gasteiger partial charge < -0.3 is 11.1 Å². The van der Waals surface area contributed by atoms with E-state index in [1.54, 1.807) is 13.8 Å². The van der Waals surface area contributed by atoms with Gasteiger partial charge in [0.15, 0.2) is 0 Å². The molecule has 10 heteroatoms. The molecule has 0 radical (unpaired) electrons. The fraction of sp³-hybridized carbons (Fsp3) is 0.500. The number of halogens is 6. The van der Waals surface area contributed by atoms with Crippen molar-refractivity contribution >= 4 is 11.8 Å². The fourth-order valence-electron chi connectivity index (χ4n) is 2.27. The number of nitrogens with one attached hydrogen (secondary N) is 1. The van der Waals surface area contributed by atoms with Crippen molar-refractivity contribution in [2.45, 2.75) is 45.1 Å². The molecule has 1 rings (SSSR count). The van der Waals surface area contributed by atoms with Crippen LogP contribution in [-0.4, -0.2) is 17.9 Å². The van der Waals surface area contributed by atoms with E-state index in [-0.39, 0.29) is 18.4 Å². The first-order valence-corrected chi connectivity index (χ1v) is 7.57. The number of benzene rings is 1. The Morgan fingerprint density at radius 3 is 1.81 bits per heavy atom. The number of carbonyl (C=O) groups is 2. The molecule has 0 spiro atoms. The van der Waals surface area contributed by atoms with Crippen molar-refractivity contribution in [2.75, 3.05) is 0 Å². The highest BCUT2D eigenvalue weighted by atomic mass is 19.4. The Labute approximate surface area is 145 Å². The van der Waals surface area contributed by atoms with E-state index in [2.05, 4.69) is 5.32 Å². The predicted molar refractivity (Wildman–Crippen MR) is 80.7 cm³/mol. The average molecular weight is 384 g/mol. The number of rotatable bonds is 6. The van der Waals surface area contributed by atoms with Gasteiger partial charge in [-0.3, -0.25) is 9.59 Å². The molecule has 0 heterocycles. The van der Waals surface area contributed by atoms with Crippen LogP contribution in [0.3, 0.4) is 0 Å². The Bertz CT molecular complexity index is 635. The average Bonchev–Trinajstić information content (AvgIpc) is 2.43. The van der Waals surface area contributed by atoms with Gasteiger partial charge in [-0.05, 0) is 36.1 Å². The summed E-state index contributed by atoms with van der Waals surface area (Å²) in [6, 6.07) is -0.144. The summed E-state index contributed by atoms with van der Waals surface area (Å²) < 4.78 is 76.8. The van der Waals surface area contributed by atoms with Gasteiger partial charge in [-0.2, -0.15) is 26.3 Å². The molecule has 1 aromatic carbocycles. The second kappa shape index (κ2) is 7.96. The molecule has 0 aliphatic carbocycles. The van der Waals surface area contributed by atoms with Gasteiger partial charge in [0, 0.05) is 0 Å². The van der Waals surface area contributed by atoms with Crippen molar-refractivity contribution in [3.05, 3.63) is 34.9 Å². The van der Waals surface area contributed by atoms with Crippen molar-refractivity contribution < 1.29 is 35.9 Å². The maximum absolute atomic E-state index is 12.8. The highest BCUT2D eigenvalue weighted by Crippen LogP contribution is 2.36. The molecule has 3 N–H and O–H groups in total. The second-order valence-electron chi connectivity index (χ2n) is 6.24. The number of alkyl halides is 6. The summed E-state index contributed by atoms with van der Waals surface area (Å²) in [6.45, 7) is 3.51. The van der Waals surface area contributed by atoms with E-state index in [0.29, 0.717) is 12.1 Å². The third-order valence-corrected chi connectivity index (χ3v) is 3.40. The Morgan fingerprint density at radius 1 is 1.00 bits per heavy atom. The first kappa shape index (κ1) is 21.8. The molecule has 0 saturated carbocycles. The Hall–Kier alpha value is -2.26. The molecule has 2 amide bonds. The minimum absolute atomic E-state index is 0.0156. The van der Waals surface area contributed by atoms with Crippen LogP contribution >= 0.6 is 0 Å². The predicted octanol–water partition coefficient (Wildman–Crippen LogP) is 3.28. The molecule has 0 aliphatic rings. The van der Waals surface area contributed by atoms with Crippen molar-refractivity contribution in [3.8, 4) is 0 Å². The van der Waals surface area contributed by atoms with Gasteiger partial charge in [-0.1, -0.05) is 13.8 Å². The minimum Gasteiger partial charge on any atom is -0.368 e. The van der Waals surface area contributed by atoms with Crippen molar-refractivity contribution in [2.24, 2.45) is 11.7 Å². The lowest BCUT2D eigenvalue weighted by molar-refractivity contribution is -0.143. The van der Waals surface area contributed by atoms with E-state index in [9.17, 15) is 35.9 Å². The van der Waals surface area contributed by atoms with Crippen molar-refractivity contribution in [1.29, 1.82) is 0 Å². The molecule has 0 aliphatic heterocycles. The zero-order chi connectivity index (χ0) is 20.3. The number of hydrogen-bond donors (Lipinski definition) is 2. The van der Waals surface area contributed by atoms with Crippen LogP contribution in [-0.2, 0) is 28.4 Å². The standard InChI is InChI=1S/C16H18F6N2O2/c1-8(2)3-12(14(23)26)24-13(25)6-9-4-10(15(17,18)19)7-11(5-9)16(20,21)22/h4-5,7-8,12H,3,6H2,1-2H3,(H2,23,26)(H,24,25)/t12-/m1/s1. The third-order valence-electron chi connectivity index (χ3n) is 3.40. The van der Waals surface area contributed by atoms with E-state index < -0.39 is 53.3 Å². The Balaban J connectivity index is 3.07. The second-order valence-corrected chi connectivity index (χ2v) is 6.24. The maximum atomic E-state index is 12.8. The largest absolute Gasteiger partial charge is 0.416 e. The van der Waals surface area contributed by atoms with Crippen LogP contribution in [0.15, 0.2) is 18.2 Å². The number of primary amides is 1. The Morgan fingerprint density at radius 2 is 1.46 bits per heavy atom. The van der Waals surface area contributed by atoms with Gasteiger partial charge in [0.2, 0.25) is 11.8 Å². The van der Waals surface area contributed by atoms with E-state index in [4.69, 9.17) is 5.73 Å². The maximum Gasteiger partial charge on any atom is 0.416 e. The molecular formula is C16H18F6N2O2. The smallest absolute Gasteiger partial charge is 0.368 e.